The van der Waals surface area contributed by atoms with Crippen LogP contribution in [0.15, 0.2) is 212 Å². The lowest BCUT2D eigenvalue weighted by Crippen LogP contribution is -2.56. The van der Waals surface area contributed by atoms with Crippen LogP contribution in [-0.4, -0.2) is 81.0 Å². The Bertz CT molecular complexity index is 6490. The molecule has 0 radical (unpaired) electrons. The van der Waals surface area contributed by atoms with E-state index in [0.29, 0.717) is 45.3 Å². The molecule has 26 heteroatoms. The van der Waals surface area contributed by atoms with E-state index in [1.165, 1.54) is 100 Å². The molecule has 2 atom stereocenters. The van der Waals surface area contributed by atoms with Gasteiger partial charge in [0, 0.05) is 114 Å². The van der Waals surface area contributed by atoms with E-state index in [9.17, 15) is 19.2 Å². The maximum absolute atomic E-state index is 17.4. The van der Waals surface area contributed by atoms with Gasteiger partial charge in [-0.05, 0) is 182 Å². The Morgan fingerprint density at radius 1 is 0.301 bits per heavy atom. The number of nitrogens with one attached hydrogen (secondary N) is 4. The number of furan rings is 4. The van der Waals surface area contributed by atoms with E-state index in [1.54, 1.807) is 27.7 Å². The quantitative estimate of drug-likeness (QED) is 0.0169. The highest BCUT2D eigenvalue weighted by Crippen LogP contribution is 2.60. The van der Waals surface area contributed by atoms with Crippen LogP contribution in [0, 0.1) is 39.5 Å². The van der Waals surface area contributed by atoms with Crippen LogP contribution in [0.3, 0.4) is 0 Å². The number of amides is 10. The third kappa shape index (κ3) is 17.7. The molecular formula is C110H112N8O18. The molecule has 26 nitrogen and oxygen atoms in total. The molecule has 4 aromatic heterocycles. The highest BCUT2D eigenvalue weighted by Gasteiger charge is 2.51. The highest BCUT2D eigenvalue weighted by molar-refractivity contribution is 6.45. The van der Waals surface area contributed by atoms with Gasteiger partial charge in [0.15, 0.2) is 0 Å². The standard InChI is InChI=1S/C110H112N8O18/c1-53(2)95(105(127)115(83-41-37-79(133-83)111-97(119)55(5)6)84-42-38-80(134-84)112-98(120)56(7)8)117-101(123)67-49-75(129-71-33-29-63(45-59(71)13)107(17,18)19)89-91-77(131-73-35-31-65(47-61(73)15)109(23,24)25)51-69-88-70(104(126)118(103(69)125)96(54(3)4)106(128)116(85-43-39-81(135-85)113-99(121)57(9)10)86-44-40-82(136-86)114-100(122)58(11)12)52-78(132-74-36-32-66(48-62(74)16)110(26,27)28)92(94(88)91)90-76(50-68(102(117)124)87(67)93(89)90)130-72-34-30-64(46-60(72)14)108(20,21)22/h29-54,95-96H,5,7,9,11H2,1-4,6,8,10,12-28H3,(H,111,119)(H,112,120)(H,113,121)(H,114,122). The summed E-state index contributed by atoms with van der Waals surface area (Å²) in [6.07, 6.45) is 0. The van der Waals surface area contributed by atoms with Gasteiger partial charge in [-0.1, -0.05) is 186 Å². The third-order valence-electron chi connectivity index (χ3n) is 24.5. The number of benzene rings is 9. The number of hydrogen-bond acceptors (Lipinski definition) is 18. The number of imide groups is 2. The number of anilines is 8. The minimum absolute atomic E-state index is 0.0347. The molecule has 0 bridgehead atoms. The summed E-state index contributed by atoms with van der Waals surface area (Å²) >= 11 is 0. The summed E-state index contributed by atoms with van der Waals surface area (Å²) in [5.74, 6) is -10.8. The second-order valence-corrected chi connectivity index (χ2v) is 40.2. The van der Waals surface area contributed by atoms with Crippen LogP contribution in [-0.2, 0) is 50.4 Å². The van der Waals surface area contributed by atoms with Gasteiger partial charge in [0.05, 0.1) is 22.3 Å². The van der Waals surface area contributed by atoms with Crippen molar-refractivity contribution in [1.29, 1.82) is 0 Å². The van der Waals surface area contributed by atoms with E-state index >= 15 is 28.8 Å². The van der Waals surface area contributed by atoms with Crippen molar-refractivity contribution in [2.75, 3.05) is 31.1 Å². The van der Waals surface area contributed by atoms with Gasteiger partial charge in [-0.25, -0.2) is 9.80 Å². The monoisotopic (exact) mass is 1830 g/mol. The first-order valence-corrected chi connectivity index (χ1v) is 44.9. The average Bonchev–Trinajstić information content (AvgIpc) is 0.857. The Morgan fingerprint density at radius 3 is 0.684 bits per heavy atom. The number of rotatable bonds is 26. The van der Waals surface area contributed by atoms with E-state index in [2.05, 4.69) is 131 Å². The topological polar surface area (TPSA) is 321 Å². The number of carbonyl (C=O) groups is 10. The van der Waals surface area contributed by atoms with Crippen LogP contribution in [0.1, 0.15) is 224 Å². The summed E-state index contributed by atoms with van der Waals surface area (Å²) in [5.41, 5.74) is 4.73. The van der Waals surface area contributed by atoms with Gasteiger partial charge >= 0.3 is 0 Å². The Morgan fingerprint density at radius 2 is 0.507 bits per heavy atom. The predicted octanol–water partition coefficient (Wildman–Crippen LogP) is 25.7. The molecule has 0 aliphatic carbocycles. The van der Waals surface area contributed by atoms with Gasteiger partial charge in [0.2, 0.25) is 47.1 Å². The molecule has 15 rings (SSSR count). The largest absolute Gasteiger partial charge is 0.456 e. The second-order valence-electron chi connectivity index (χ2n) is 40.2. The normalized spacial score (nSPS) is 13.4. The summed E-state index contributed by atoms with van der Waals surface area (Å²) in [4.78, 5) is 160. The summed E-state index contributed by atoms with van der Waals surface area (Å²) in [7, 11) is 0. The summed E-state index contributed by atoms with van der Waals surface area (Å²) in [5, 5.41) is 11.6. The van der Waals surface area contributed by atoms with E-state index < -0.39 is 83.0 Å². The number of fused-ring (bicyclic) bond motifs is 2. The zero-order valence-electron chi connectivity index (χ0n) is 81.1. The first-order chi connectivity index (χ1) is 63.7. The summed E-state index contributed by atoms with van der Waals surface area (Å²) < 4.78 is 55.7. The predicted molar refractivity (Wildman–Crippen MR) is 529 cm³/mol. The van der Waals surface area contributed by atoms with E-state index in [1.807, 2.05) is 100 Å². The van der Waals surface area contributed by atoms with Gasteiger partial charge < -0.3 is 36.6 Å². The van der Waals surface area contributed by atoms with Crippen molar-refractivity contribution in [1.82, 2.24) is 9.80 Å². The zero-order valence-corrected chi connectivity index (χ0v) is 81.1. The summed E-state index contributed by atoms with van der Waals surface area (Å²) in [6, 6.07) is 36.6. The maximum atomic E-state index is 17.4. The van der Waals surface area contributed by atoms with Crippen LogP contribution >= 0.6 is 0 Å². The zero-order chi connectivity index (χ0) is 98.9. The average molecular weight is 1830 g/mol. The molecule has 10 amide bonds. The van der Waals surface area contributed by atoms with Crippen LogP contribution in [0.5, 0.6) is 46.0 Å². The minimum Gasteiger partial charge on any atom is -0.456 e. The molecular weight excluding hydrogens is 1720 g/mol. The van der Waals surface area contributed by atoms with Gasteiger partial charge in [-0.2, -0.15) is 0 Å². The first kappa shape index (κ1) is 95.3. The molecule has 0 fully saturated rings. The van der Waals surface area contributed by atoms with Crippen molar-refractivity contribution >= 4 is 149 Å². The van der Waals surface area contributed by atoms with Crippen LogP contribution < -0.4 is 50.0 Å². The molecule has 700 valence electrons. The Labute approximate surface area is 789 Å². The fourth-order valence-electron chi connectivity index (χ4n) is 17.0. The minimum atomic E-state index is -1.79. The lowest BCUT2D eigenvalue weighted by Gasteiger charge is -2.38. The van der Waals surface area contributed by atoms with Crippen molar-refractivity contribution in [2.24, 2.45) is 11.8 Å². The van der Waals surface area contributed by atoms with Gasteiger partial charge in [-0.3, -0.25) is 79.0 Å². The van der Waals surface area contributed by atoms with E-state index in [0.717, 1.165) is 41.9 Å². The molecule has 136 heavy (non-hydrogen) atoms. The Hall–Kier alpha value is -15.3. The molecule has 9 aromatic carbocycles. The van der Waals surface area contributed by atoms with Crippen molar-refractivity contribution in [2.45, 2.75) is 200 Å². The Kier molecular flexibility index (Phi) is 24.7. The Balaban J connectivity index is 1.09. The molecule has 0 saturated carbocycles. The molecule has 2 aliphatic heterocycles. The number of hydrogen-bond donors (Lipinski definition) is 4. The van der Waals surface area contributed by atoms with E-state index in [4.69, 9.17) is 36.6 Å². The summed E-state index contributed by atoms with van der Waals surface area (Å²) in [6.45, 7) is 60.2. The molecule has 2 unspecified atom stereocenters. The third-order valence-corrected chi connectivity index (χ3v) is 24.5. The number of aryl methyl sites for hydroxylation is 4. The van der Waals surface area contributed by atoms with Crippen LogP contribution in [0.4, 0.5) is 47.1 Å². The highest BCUT2D eigenvalue weighted by atomic mass is 16.5. The first-order valence-electron chi connectivity index (χ1n) is 44.9. The van der Waals surface area contributed by atoms with Crippen LogP contribution in [0.2, 0.25) is 0 Å². The van der Waals surface area contributed by atoms with Crippen molar-refractivity contribution < 1.29 is 84.6 Å². The van der Waals surface area contributed by atoms with Crippen molar-refractivity contribution in [3.8, 4) is 46.0 Å². The SMILES string of the molecule is C=C(C)C(=O)Nc1ccc(N(C(=O)C(C(C)C)N2C(=O)c3cc(Oc4ccc(C(C)(C)C)cc4C)c4c5c(Oc6ccc(C(C)(C)C)cc6C)cc6c7c(cc(Oc8ccc(C(C)(C)C)cc8C)c(c8c(Oc9ccc(C(C)(C)C)cc9C)cc(c3c48)C2=O)c75)C(=O)N(C(C(=O)N(c2ccc(NC(=O)C(=C)C)o2)c2ccc(NC(=O)C(=C)C)o2)C(C)C)C6=O)c2ccc(NC(=O)C(=C)C)o2)o1. The molecule has 0 saturated heterocycles. The van der Waals surface area contributed by atoms with E-state index in [-0.39, 0.29) is 179 Å². The molecule has 4 N–H and O–H groups in total. The van der Waals surface area contributed by atoms with Crippen molar-refractivity contribution in [3.05, 3.63) is 261 Å². The number of nitrogens with zero attached hydrogens (tertiary/aromatic N) is 4. The fraction of sp³-hybridized carbons (Fsp3) is 0.291. The number of carbonyl (C=O) groups excluding carboxylic acids is 10. The number of ether oxygens (including phenoxy) is 4. The lowest BCUT2D eigenvalue weighted by molar-refractivity contribution is -0.124. The van der Waals surface area contributed by atoms with Crippen molar-refractivity contribution in [3.63, 3.8) is 0 Å². The van der Waals surface area contributed by atoms with Gasteiger partial charge in [0.25, 0.3) is 59.1 Å². The smallest absolute Gasteiger partial charge is 0.262 e. The van der Waals surface area contributed by atoms with Gasteiger partial charge in [-0.15, -0.1) is 0 Å². The van der Waals surface area contributed by atoms with Gasteiger partial charge in [0.1, 0.15) is 58.1 Å². The van der Waals surface area contributed by atoms with Crippen LogP contribution in [0.25, 0.3) is 43.1 Å². The maximum Gasteiger partial charge on any atom is 0.262 e. The molecule has 6 heterocycles. The molecule has 13 aromatic rings. The molecule has 2 aliphatic rings. The second kappa shape index (κ2) is 35.2. The lowest BCUT2D eigenvalue weighted by atomic mass is 9.80. The molecule has 0 spiro atoms. The fourth-order valence-corrected chi connectivity index (χ4v) is 17.0.